The largest absolute Gasteiger partial charge is 0.416 e. The first-order valence-electron chi connectivity index (χ1n) is 6.75. The Labute approximate surface area is 134 Å². The van der Waals surface area contributed by atoms with Gasteiger partial charge in [-0.1, -0.05) is 30.3 Å². The van der Waals surface area contributed by atoms with Gasteiger partial charge in [0.05, 0.1) is 11.3 Å². The van der Waals surface area contributed by atoms with E-state index in [9.17, 15) is 13.2 Å². The Morgan fingerprint density at radius 2 is 1.78 bits per heavy atom. The number of halogens is 3. The topological polar surface area (TPSA) is 30.2 Å². The first-order valence-corrected chi connectivity index (χ1v) is 7.52. The number of nitrogens with zero attached hydrogens (tertiary/aromatic N) is 3. The molecule has 0 bridgehead atoms. The van der Waals surface area contributed by atoms with Crippen molar-refractivity contribution in [2.24, 2.45) is 4.99 Å². The van der Waals surface area contributed by atoms with Gasteiger partial charge in [-0.2, -0.15) is 18.2 Å². The molecule has 0 amide bonds. The van der Waals surface area contributed by atoms with E-state index in [1.165, 1.54) is 17.6 Å². The van der Waals surface area contributed by atoms with Crippen molar-refractivity contribution in [1.82, 2.24) is 8.94 Å². The molecule has 118 valence electrons. The fourth-order valence-electron chi connectivity index (χ4n) is 2.13. The highest BCUT2D eigenvalue weighted by molar-refractivity contribution is 7.04. The summed E-state index contributed by atoms with van der Waals surface area (Å²) in [5, 5.41) is 0. The molecule has 7 heteroatoms. The maximum absolute atomic E-state index is 12.9. The minimum Gasteiger partial charge on any atom is -0.260 e. The van der Waals surface area contributed by atoms with E-state index in [1.807, 2.05) is 30.3 Å². The predicted octanol–water partition coefficient (Wildman–Crippen LogP) is 4.15. The van der Waals surface area contributed by atoms with Crippen LogP contribution < -0.4 is 4.80 Å². The van der Waals surface area contributed by atoms with Crippen LogP contribution in [-0.2, 0) is 6.18 Å². The van der Waals surface area contributed by atoms with Gasteiger partial charge in [-0.05, 0) is 35.8 Å². The van der Waals surface area contributed by atoms with E-state index in [-0.39, 0.29) is 0 Å². The SMILES string of the molecule is CN=c1nc(-c2cccc(C(F)(F)F)c2)n(-c2ccccc2)s1. The summed E-state index contributed by atoms with van der Waals surface area (Å²) in [5.41, 5.74) is 0.528. The van der Waals surface area contributed by atoms with E-state index in [1.54, 1.807) is 17.1 Å². The van der Waals surface area contributed by atoms with E-state index >= 15 is 0 Å². The minimum absolute atomic E-state index is 0.398. The molecule has 1 heterocycles. The van der Waals surface area contributed by atoms with Gasteiger partial charge in [0.25, 0.3) is 0 Å². The van der Waals surface area contributed by atoms with E-state index in [0.717, 1.165) is 17.8 Å². The fourth-order valence-corrected chi connectivity index (χ4v) is 2.96. The summed E-state index contributed by atoms with van der Waals surface area (Å²) in [4.78, 5) is 8.89. The number of hydrogen-bond acceptors (Lipinski definition) is 3. The third-order valence-electron chi connectivity index (χ3n) is 3.20. The zero-order chi connectivity index (χ0) is 16.4. The number of para-hydroxylation sites is 1. The van der Waals surface area contributed by atoms with Crippen LogP contribution in [0.3, 0.4) is 0 Å². The molecule has 23 heavy (non-hydrogen) atoms. The van der Waals surface area contributed by atoms with Crippen molar-refractivity contribution in [2.75, 3.05) is 7.05 Å². The molecule has 2 aromatic carbocycles. The lowest BCUT2D eigenvalue weighted by Gasteiger charge is -2.09. The van der Waals surface area contributed by atoms with E-state index in [2.05, 4.69) is 9.98 Å². The third kappa shape index (κ3) is 3.19. The van der Waals surface area contributed by atoms with Gasteiger partial charge in [0, 0.05) is 12.6 Å². The molecule has 0 aliphatic carbocycles. The molecule has 0 radical (unpaired) electrons. The van der Waals surface area contributed by atoms with Crippen molar-refractivity contribution in [3.8, 4) is 17.1 Å². The number of rotatable bonds is 2. The molecule has 3 aromatic rings. The highest BCUT2D eigenvalue weighted by Crippen LogP contribution is 2.32. The summed E-state index contributed by atoms with van der Waals surface area (Å²) in [7, 11) is 1.60. The number of hydrogen-bond donors (Lipinski definition) is 0. The van der Waals surface area contributed by atoms with E-state index in [4.69, 9.17) is 0 Å². The third-order valence-corrected chi connectivity index (χ3v) is 4.20. The van der Waals surface area contributed by atoms with Crippen LogP contribution in [0.15, 0.2) is 59.6 Å². The Morgan fingerprint density at radius 3 is 2.43 bits per heavy atom. The molecule has 0 spiro atoms. The first kappa shape index (κ1) is 15.5. The minimum atomic E-state index is -4.39. The van der Waals surface area contributed by atoms with Crippen LogP contribution in [0.25, 0.3) is 17.1 Å². The van der Waals surface area contributed by atoms with Crippen LogP contribution in [0.2, 0.25) is 0 Å². The van der Waals surface area contributed by atoms with Crippen LogP contribution >= 0.6 is 11.5 Å². The maximum Gasteiger partial charge on any atom is 0.416 e. The number of aromatic nitrogens is 2. The van der Waals surface area contributed by atoms with Crippen LogP contribution in [-0.4, -0.2) is 16.0 Å². The van der Waals surface area contributed by atoms with Crippen molar-refractivity contribution < 1.29 is 13.2 Å². The quantitative estimate of drug-likeness (QED) is 0.692. The van der Waals surface area contributed by atoms with Crippen molar-refractivity contribution in [3.05, 3.63) is 65.0 Å². The molecule has 0 aliphatic heterocycles. The fraction of sp³-hybridized carbons (Fsp3) is 0.125. The second-order valence-electron chi connectivity index (χ2n) is 4.74. The van der Waals surface area contributed by atoms with Gasteiger partial charge in [0.15, 0.2) is 5.82 Å². The number of alkyl halides is 3. The molecular formula is C16H12F3N3S. The molecule has 0 fully saturated rings. The smallest absolute Gasteiger partial charge is 0.260 e. The van der Waals surface area contributed by atoms with E-state index < -0.39 is 11.7 Å². The van der Waals surface area contributed by atoms with Gasteiger partial charge in [-0.15, -0.1) is 0 Å². The highest BCUT2D eigenvalue weighted by atomic mass is 32.1. The highest BCUT2D eigenvalue weighted by Gasteiger charge is 2.30. The molecule has 0 atom stereocenters. The Hall–Kier alpha value is -2.41. The summed E-state index contributed by atoms with van der Waals surface area (Å²) in [6.07, 6.45) is -4.39. The summed E-state index contributed by atoms with van der Waals surface area (Å²) in [5.74, 6) is 0.438. The van der Waals surface area contributed by atoms with Crippen LogP contribution in [0.5, 0.6) is 0 Å². The first-order chi connectivity index (χ1) is 11.0. The predicted molar refractivity (Wildman–Crippen MR) is 83.4 cm³/mol. The Morgan fingerprint density at radius 1 is 1.04 bits per heavy atom. The Balaban J connectivity index is 2.19. The molecule has 3 rings (SSSR count). The molecule has 1 aromatic heterocycles. The second kappa shape index (κ2) is 6.00. The van der Waals surface area contributed by atoms with Crippen LogP contribution in [0.4, 0.5) is 13.2 Å². The summed E-state index contributed by atoms with van der Waals surface area (Å²) in [6.45, 7) is 0. The molecule has 0 saturated carbocycles. The van der Waals surface area contributed by atoms with Crippen molar-refractivity contribution >= 4 is 11.5 Å². The Kier molecular flexibility index (Phi) is 4.04. The van der Waals surface area contributed by atoms with Crippen LogP contribution in [0, 0.1) is 0 Å². The normalized spacial score (nSPS) is 12.6. The molecular weight excluding hydrogens is 323 g/mol. The average molecular weight is 335 g/mol. The maximum atomic E-state index is 12.9. The summed E-state index contributed by atoms with van der Waals surface area (Å²) in [6, 6.07) is 14.5. The van der Waals surface area contributed by atoms with Gasteiger partial charge in [0.2, 0.25) is 4.80 Å². The molecule has 3 nitrogen and oxygen atoms in total. The summed E-state index contributed by atoms with van der Waals surface area (Å²) < 4.78 is 40.6. The molecule has 0 N–H and O–H groups in total. The average Bonchev–Trinajstić information content (AvgIpc) is 2.99. The zero-order valence-corrected chi connectivity index (χ0v) is 12.9. The van der Waals surface area contributed by atoms with Gasteiger partial charge < -0.3 is 0 Å². The molecule has 0 aliphatic rings. The Bertz CT molecular complexity index is 879. The second-order valence-corrected chi connectivity index (χ2v) is 5.65. The lowest BCUT2D eigenvalue weighted by molar-refractivity contribution is -0.137. The summed E-state index contributed by atoms with van der Waals surface area (Å²) >= 11 is 1.28. The number of benzene rings is 2. The monoisotopic (exact) mass is 335 g/mol. The molecule has 0 unspecified atom stereocenters. The molecule has 0 saturated heterocycles. The van der Waals surface area contributed by atoms with Crippen molar-refractivity contribution in [1.29, 1.82) is 0 Å². The van der Waals surface area contributed by atoms with Gasteiger partial charge in [-0.25, -0.2) is 3.96 Å². The lowest BCUT2D eigenvalue weighted by Crippen LogP contribution is -2.05. The van der Waals surface area contributed by atoms with Gasteiger partial charge in [0.1, 0.15) is 0 Å². The van der Waals surface area contributed by atoms with Gasteiger partial charge >= 0.3 is 6.18 Å². The van der Waals surface area contributed by atoms with Crippen molar-refractivity contribution in [3.63, 3.8) is 0 Å². The van der Waals surface area contributed by atoms with E-state index in [0.29, 0.717) is 16.2 Å². The lowest BCUT2D eigenvalue weighted by atomic mass is 10.1. The van der Waals surface area contributed by atoms with Crippen molar-refractivity contribution in [2.45, 2.75) is 6.18 Å². The zero-order valence-electron chi connectivity index (χ0n) is 12.1. The van der Waals surface area contributed by atoms with Gasteiger partial charge in [-0.3, -0.25) is 4.99 Å². The standard InChI is InChI=1S/C16H12F3N3S/c1-20-15-21-14(22(23-15)13-8-3-2-4-9-13)11-6-5-7-12(10-11)16(17,18)19/h2-10H,1H3. The van der Waals surface area contributed by atoms with Crippen LogP contribution in [0.1, 0.15) is 5.56 Å².